The molecule has 1 fully saturated rings. The first kappa shape index (κ1) is 9.87. The van der Waals surface area contributed by atoms with Crippen molar-refractivity contribution in [3.05, 3.63) is 21.7 Å². The molecule has 1 aliphatic carbocycles. The molecule has 0 spiro atoms. The van der Waals surface area contributed by atoms with Crippen molar-refractivity contribution in [2.45, 2.75) is 32.7 Å². The minimum atomic E-state index is 0.788. The van der Waals surface area contributed by atoms with E-state index in [2.05, 4.69) is 28.7 Å². The second kappa shape index (κ2) is 4.24. The van der Waals surface area contributed by atoms with Gasteiger partial charge in [-0.05, 0) is 32.8 Å². The van der Waals surface area contributed by atoms with E-state index in [1.807, 2.05) is 6.92 Å². The number of hydrogen-bond donors (Lipinski definition) is 1. The minimum absolute atomic E-state index is 0.788. The fourth-order valence-corrected chi connectivity index (χ4v) is 1.91. The van der Waals surface area contributed by atoms with Crippen LogP contribution in [0.1, 0.15) is 30.5 Å². The SMILES string of the molecule is CC(=Cc1csc(C)n1)CNC1CC1. The number of aromatic nitrogens is 1. The van der Waals surface area contributed by atoms with Crippen LogP contribution in [0.3, 0.4) is 0 Å². The van der Waals surface area contributed by atoms with Gasteiger partial charge in [0.15, 0.2) is 0 Å². The molecule has 0 atom stereocenters. The Bertz CT molecular complexity index is 337. The quantitative estimate of drug-likeness (QED) is 0.822. The zero-order valence-corrected chi connectivity index (χ0v) is 9.53. The largest absolute Gasteiger partial charge is 0.310 e. The summed E-state index contributed by atoms with van der Waals surface area (Å²) in [6.07, 6.45) is 4.87. The summed E-state index contributed by atoms with van der Waals surface area (Å²) >= 11 is 1.71. The Morgan fingerprint density at radius 2 is 2.50 bits per heavy atom. The molecule has 0 radical (unpaired) electrons. The van der Waals surface area contributed by atoms with Crippen molar-refractivity contribution < 1.29 is 0 Å². The molecule has 76 valence electrons. The molecule has 1 aliphatic rings. The molecule has 0 unspecified atom stereocenters. The van der Waals surface area contributed by atoms with E-state index in [0.717, 1.165) is 23.3 Å². The molecule has 0 amide bonds. The normalized spacial score (nSPS) is 17.4. The number of hydrogen-bond acceptors (Lipinski definition) is 3. The zero-order valence-electron chi connectivity index (χ0n) is 8.71. The maximum atomic E-state index is 4.41. The smallest absolute Gasteiger partial charge is 0.0901 e. The van der Waals surface area contributed by atoms with Gasteiger partial charge in [-0.3, -0.25) is 0 Å². The molecule has 1 saturated carbocycles. The summed E-state index contributed by atoms with van der Waals surface area (Å²) in [5.41, 5.74) is 2.46. The predicted molar refractivity (Wildman–Crippen MR) is 61.5 cm³/mol. The third-order valence-electron chi connectivity index (χ3n) is 2.28. The number of rotatable bonds is 4. The summed E-state index contributed by atoms with van der Waals surface area (Å²) in [6, 6.07) is 0.788. The van der Waals surface area contributed by atoms with Crippen LogP contribution in [-0.4, -0.2) is 17.6 Å². The van der Waals surface area contributed by atoms with E-state index < -0.39 is 0 Å². The molecule has 1 N–H and O–H groups in total. The van der Waals surface area contributed by atoms with Crippen LogP contribution in [-0.2, 0) is 0 Å². The van der Waals surface area contributed by atoms with Gasteiger partial charge in [-0.25, -0.2) is 4.98 Å². The zero-order chi connectivity index (χ0) is 9.97. The Balaban J connectivity index is 1.88. The van der Waals surface area contributed by atoms with E-state index in [1.54, 1.807) is 11.3 Å². The minimum Gasteiger partial charge on any atom is -0.310 e. The van der Waals surface area contributed by atoms with Gasteiger partial charge >= 0.3 is 0 Å². The van der Waals surface area contributed by atoms with Crippen LogP contribution < -0.4 is 5.32 Å². The van der Waals surface area contributed by atoms with Gasteiger partial charge in [-0.1, -0.05) is 5.57 Å². The molecule has 2 nitrogen and oxygen atoms in total. The lowest BCUT2D eigenvalue weighted by Gasteiger charge is -2.01. The van der Waals surface area contributed by atoms with E-state index in [0.29, 0.717) is 0 Å². The Morgan fingerprint density at radius 3 is 3.07 bits per heavy atom. The lowest BCUT2D eigenvalue weighted by atomic mass is 10.2. The van der Waals surface area contributed by atoms with Crippen LogP contribution in [0.5, 0.6) is 0 Å². The molecule has 1 heterocycles. The topological polar surface area (TPSA) is 24.9 Å². The highest BCUT2D eigenvalue weighted by Gasteiger charge is 2.19. The molecule has 1 aromatic rings. The number of aryl methyl sites for hydroxylation is 1. The first-order valence-corrected chi connectivity index (χ1v) is 5.94. The Kier molecular flexibility index (Phi) is 2.99. The van der Waals surface area contributed by atoms with Gasteiger partial charge in [-0.15, -0.1) is 11.3 Å². The van der Waals surface area contributed by atoms with Gasteiger partial charge in [0.25, 0.3) is 0 Å². The molecule has 0 aliphatic heterocycles. The van der Waals surface area contributed by atoms with E-state index in [-0.39, 0.29) is 0 Å². The summed E-state index contributed by atoms with van der Waals surface area (Å²) in [4.78, 5) is 4.41. The summed E-state index contributed by atoms with van der Waals surface area (Å²) < 4.78 is 0. The third kappa shape index (κ3) is 2.93. The van der Waals surface area contributed by atoms with Crippen molar-refractivity contribution >= 4 is 17.4 Å². The maximum absolute atomic E-state index is 4.41. The van der Waals surface area contributed by atoms with Crippen LogP contribution >= 0.6 is 11.3 Å². The van der Waals surface area contributed by atoms with Crippen LogP contribution in [0.2, 0.25) is 0 Å². The molecule has 3 heteroatoms. The van der Waals surface area contributed by atoms with Gasteiger partial charge in [0.2, 0.25) is 0 Å². The average molecular weight is 208 g/mol. The lowest BCUT2D eigenvalue weighted by Crippen LogP contribution is -2.18. The van der Waals surface area contributed by atoms with E-state index in [9.17, 15) is 0 Å². The van der Waals surface area contributed by atoms with Gasteiger partial charge in [-0.2, -0.15) is 0 Å². The molecule has 1 aromatic heterocycles. The van der Waals surface area contributed by atoms with Gasteiger partial charge in [0.1, 0.15) is 0 Å². The van der Waals surface area contributed by atoms with Crippen molar-refractivity contribution in [2.24, 2.45) is 0 Å². The first-order chi connectivity index (χ1) is 6.74. The van der Waals surface area contributed by atoms with E-state index >= 15 is 0 Å². The van der Waals surface area contributed by atoms with Crippen molar-refractivity contribution in [3.8, 4) is 0 Å². The van der Waals surface area contributed by atoms with Crippen molar-refractivity contribution in [1.82, 2.24) is 10.3 Å². The molecule has 0 aromatic carbocycles. The molecule has 0 saturated heterocycles. The second-order valence-electron chi connectivity index (χ2n) is 3.94. The average Bonchev–Trinajstić information content (AvgIpc) is 2.88. The van der Waals surface area contributed by atoms with Crippen molar-refractivity contribution in [1.29, 1.82) is 0 Å². The fourth-order valence-electron chi connectivity index (χ4n) is 1.34. The van der Waals surface area contributed by atoms with Crippen LogP contribution in [0, 0.1) is 6.92 Å². The Labute approximate surface area is 89.1 Å². The monoisotopic (exact) mass is 208 g/mol. The van der Waals surface area contributed by atoms with Crippen LogP contribution in [0.4, 0.5) is 0 Å². The highest BCUT2D eigenvalue weighted by atomic mass is 32.1. The highest BCUT2D eigenvalue weighted by Crippen LogP contribution is 2.19. The Morgan fingerprint density at radius 1 is 1.71 bits per heavy atom. The second-order valence-corrected chi connectivity index (χ2v) is 5.00. The van der Waals surface area contributed by atoms with Crippen molar-refractivity contribution in [3.63, 3.8) is 0 Å². The molecule has 0 bridgehead atoms. The van der Waals surface area contributed by atoms with Gasteiger partial charge in [0.05, 0.1) is 10.7 Å². The van der Waals surface area contributed by atoms with E-state index in [1.165, 1.54) is 18.4 Å². The van der Waals surface area contributed by atoms with Crippen LogP contribution in [0.15, 0.2) is 11.0 Å². The van der Waals surface area contributed by atoms with E-state index in [4.69, 9.17) is 0 Å². The fraction of sp³-hybridized carbons (Fsp3) is 0.545. The number of thiazole rings is 1. The highest BCUT2D eigenvalue weighted by molar-refractivity contribution is 7.09. The number of nitrogens with one attached hydrogen (secondary N) is 1. The Hall–Kier alpha value is -0.670. The van der Waals surface area contributed by atoms with Crippen molar-refractivity contribution in [2.75, 3.05) is 6.54 Å². The summed E-state index contributed by atoms with van der Waals surface area (Å²) in [5, 5.41) is 6.74. The standard InChI is InChI=1S/C11H16N2S/c1-8(6-12-10-3-4-10)5-11-7-14-9(2)13-11/h5,7,10,12H,3-4,6H2,1-2H3. The first-order valence-electron chi connectivity index (χ1n) is 5.07. The molecular formula is C11H16N2S. The molecule has 14 heavy (non-hydrogen) atoms. The third-order valence-corrected chi connectivity index (χ3v) is 3.07. The molecule has 2 rings (SSSR count). The molecular weight excluding hydrogens is 192 g/mol. The maximum Gasteiger partial charge on any atom is 0.0901 e. The number of nitrogens with zero attached hydrogens (tertiary/aromatic N) is 1. The lowest BCUT2D eigenvalue weighted by molar-refractivity contribution is 0.735. The predicted octanol–water partition coefficient (Wildman–Crippen LogP) is 2.61. The summed E-state index contributed by atoms with van der Waals surface area (Å²) in [7, 11) is 0. The van der Waals surface area contributed by atoms with Gasteiger partial charge < -0.3 is 5.32 Å². The van der Waals surface area contributed by atoms with Gasteiger partial charge in [0, 0.05) is 18.0 Å². The van der Waals surface area contributed by atoms with Crippen LogP contribution in [0.25, 0.3) is 6.08 Å². The summed E-state index contributed by atoms with van der Waals surface area (Å²) in [5.74, 6) is 0. The summed E-state index contributed by atoms with van der Waals surface area (Å²) in [6.45, 7) is 5.20.